The van der Waals surface area contributed by atoms with E-state index >= 15 is 0 Å². The molecular formula is C16H16F3NO. The summed E-state index contributed by atoms with van der Waals surface area (Å²) in [6.07, 6.45) is -4.31. The molecule has 1 atom stereocenters. The Hall–Kier alpha value is -2.01. The van der Waals surface area contributed by atoms with Crippen LogP contribution in [0.2, 0.25) is 0 Å². The van der Waals surface area contributed by atoms with Crippen molar-refractivity contribution < 1.29 is 17.9 Å². The van der Waals surface area contributed by atoms with E-state index in [1.807, 2.05) is 25.1 Å². The van der Waals surface area contributed by atoms with Crippen molar-refractivity contribution in [3.05, 3.63) is 65.2 Å². The third-order valence-electron chi connectivity index (χ3n) is 3.07. The molecule has 0 radical (unpaired) electrons. The maximum absolute atomic E-state index is 12.4. The molecule has 0 aromatic heterocycles. The van der Waals surface area contributed by atoms with E-state index in [1.165, 1.54) is 12.1 Å². The number of ether oxygens (including phenoxy) is 1. The minimum absolute atomic E-state index is 0.0976. The molecule has 0 aliphatic heterocycles. The molecule has 0 fully saturated rings. The number of alkyl halides is 3. The number of hydrogen-bond acceptors (Lipinski definition) is 2. The van der Waals surface area contributed by atoms with Crippen LogP contribution in [0.15, 0.2) is 48.5 Å². The molecule has 2 N–H and O–H groups in total. The summed E-state index contributed by atoms with van der Waals surface area (Å²) < 4.78 is 42.9. The highest BCUT2D eigenvalue weighted by Crippen LogP contribution is 2.29. The van der Waals surface area contributed by atoms with E-state index in [-0.39, 0.29) is 12.6 Å². The molecule has 112 valence electrons. The standard InChI is InChI=1S/C16H16F3NO/c1-11(20)13-3-2-4-15(9-13)21-10-12-5-7-14(8-6-12)16(17,18)19/h2-9,11H,10,20H2,1H3/t11-/m1/s1. The van der Waals surface area contributed by atoms with Crippen LogP contribution in [0.1, 0.15) is 29.7 Å². The molecule has 0 bridgehead atoms. The summed E-state index contributed by atoms with van der Waals surface area (Å²) in [4.78, 5) is 0. The summed E-state index contributed by atoms with van der Waals surface area (Å²) in [7, 11) is 0. The smallest absolute Gasteiger partial charge is 0.416 e. The van der Waals surface area contributed by atoms with Crippen LogP contribution in [-0.4, -0.2) is 0 Å². The van der Waals surface area contributed by atoms with Crippen molar-refractivity contribution in [3.8, 4) is 5.75 Å². The molecule has 5 heteroatoms. The first-order chi connectivity index (χ1) is 9.86. The van der Waals surface area contributed by atoms with E-state index in [1.54, 1.807) is 6.07 Å². The van der Waals surface area contributed by atoms with Gasteiger partial charge in [-0.2, -0.15) is 13.2 Å². The van der Waals surface area contributed by atoms with E-state index in [9.17, 15) is 13.2 Å². The summed E-state index contributed by atoms with van der Waals surface area (Å²) in [5.41, 5.74) is 6.74. The Balaban J connectivity index is 2.01. The lowest BCUT2D eigenvalue weighted by atomic mass is 10.1. The fourth-order valence-electron chi connectivity index (χ4n) is 1.84. The van der Waals surface area contributed by atoms with Crippen molar-refractivity contribution >= 4 is 0 Å². The van der Waals surface area contributed by atoms with Gasteiger partial charge in [-0.05, 0) is 42.3 Å². The van der Waals surface area contributed by atoms with Gasteiger partial charge in [0.2, 0.25) is 0 Å². The summed E-state index contributed by atoms with van der Waals surface area (Å²) in [5.74, 6) is 0.643. The molecule has 0 amide bonds. The van der Waals surface area contributed by atoms with Crippen LogP contribution >= 0.6 is 0 Å². The van der Waals surface area contributed by atoms with Crippen LogP contribution in [0.3, 0.4) is 0 Å². The predicted octanol–water partition coefficient (Wildman–Crippen LogP) is 4.30. The maximum atomic E-state index is 12.4. The number of rotatable bonds is 4. The molecule has 2 nitrogen and oxygen atoms in total. The van der Waals surface area contributed by atoms with Gasteiger partial charge in [0.25, 0.3) is 0 Å². The lowest BCUT2D eigenvalue weighted by Gasteiger charge is -2.11. The minimum atomic E-state index is -4.31. The molecule has 2 aromatic rings. The molecule has 0 aliphatic rings. The molecular weight excluding hydrogens is 279 g/mol. The van der Waals surface area contributed by atoms with Gasteiger partial charge >= 0.3 is 6.18 Å². The molecule has 0 heterocycles. The summed E-state index contributed by atoms with van der Waals surface area (Å²) in [5, 5.41) is 0. The van der Waals surface area contributed by atoms with Gasteiger partial charge in [-0.15, -0.1) is 0 Å². The highest BCUT2D eigenvalue weighted by atomic mass is 19.4. The lowest BCUT2D eigenvalue weighted by Crippen LogP contribution is -2.06. The average Bonchev–Trinajstić information content (AvgIpc) is 2.45. The van der Waals surface area contributed by atoms with Crippen LogP contribution < -0.4 is 10.5 Å². The van der Waals surface area contributed by atoms with Gasteiger partial charge in [-0.1, -0.05) is 24.3 Å². The summed E-state index contributed by atoms with van der Waals surface area (Å²) >= 11 is 0. The van der Waals surface area contributed by atoms with E-state index in [0.29, 0.717) is 11.3 Å². The van der Waals surface area contributed by atoms with Crippen molar-refractivity contribution in [2.75, 3.05) is 0 Å². The van der Waals surface area contributed by atoms with E-state index in [4.69, 9.17) is 10.5 Å². The number of benzene rings is 2. The quantitative estimate of drug-likeness (QED) is 0.912. The van der Waals surface area contributed by atoms with E-state index in [0.717, 1.165) is 17.7 Å². The van der Waals surface area contributed by atoms with E-state index < -0.39 is 11.7 Å². The Morgan fingerprint density at radius 1 is 1.10 bits per heavy atom. The largest absolute Gasteiger partial charge is 0.489 e. The summed E-state index contributed by atoms with van der Waals surface area (Å²) in [6.45, 7) is 2.08. The zero-order valence-electron chi connectivity index (χ0n) is 11.5. The monoisotopic (exact) mass is 295 g/mol. The maximum Gasteiger partial charge on any atom is 0.416 e. The van der Waals surface area contributed by atoms with Crippen LogP contribution in [-0.2, 0) is 12.8 Å². The first-order valence-electron chi connectivity index (χ1n) is 6.51. The molecule has 0 spiro atoms. The second-order valence-electron chi connectivity index (χ2n) is 4.84. The van der Waals surface area contributed by atoms with Gasteiger partial charge in [-0.3, -0.25) is 0 Å². The first kappa shape index (κ1) is 15.4. The molecule has 0 saturated carbocycles. The van der Waals surface area contributed by atoms with Crippen LogP contribution in [0, 0.1) is 0 Å². The second-order valence-corrected chi connectivity index (χ2v) is 4.84. The van der Waals surface area contributed by atoms with Crippen molar-refractivity contribution in [2.45, 2.75) is 25.7 Å². The Bertz CT molecular complexity index is 591. The number of hydrogen-bond donors (Lipinski definition) is 1. The molecule has 0 unspecified atom stereocenters. The third-order valence-corrected chi connectivity index (χ3v) is 3.07. The summed E-state index contributed by atoms with van der Waals surface area (Å²) in [6, 6.07) is 12.2. The van der Waals surface area contributed by atoms with Crippen LogP contribution in [0.25, 0.3) is 0 Å². The fourth-order valence-corrected chi connectivity index (χ4v) is 1.84. The highest BCUT2D eigenvalue weighted by Gasteiger charge is 2.29. The minimum Gasteiger partial charge on any atom is -0.489 e. The molecule has 2 aromatic carbocycles. The Kier molecular flexibility index (Phi) is 4.53. The van der Waals surface area contributed by atoms with Crippen molar-refractivity contribution in [2.24, 2.45) is 5.73 Å². The SMILES string of the molecule is C[C@@H](N)c1cccc(OCc2ccc(C(F)(F)F)cc2)c1. The second kappa shape index (κ2) is 6.18. The van der Waals surface area contributed by atoms with Crippen LogP contribution in [0.4, 0.5) is 13.2 Å². The fraction of sp³-hybridized carbons (Fsp3) is 0.250. The van der Waals surface area contributed by atoms with Gasteiger partial charge in [0, 0.05) is 6.04 Å². The number of halogens is 3. The Morgan fingerprint density at radius 3 is 2.33 bits per heavy atom. The number of nitrogens with two attached hydrogens (primary N) is 1. The van der Waals surface area contributed by atoms with Gasteiger partial charge < -0.3 is 10.5 Å². The molecule has 21 heavy (non-hydrogen) atoms. The lowest BCUT2D eigenvalue weighted by molar-refractivity contribution is -0.137. The van der Waals surface area contributed by atoms with Gasteiger partial charge in [0.1, 0.15) is 12.4 Å². The van der Waals surface area contributed by atoms with Gasteiger partial charge in [-0.25, -0.2) is 0 Å². The van der Waals surface area contributed by atoms with Crippen molar-refractivity contribution in [1.29, 1.82) is 0 Å². The van der Waals surface area contributed by atoms with Gasteiger partial charge in [0.15, 0.2) is 0 Å². The molecule has 0 aliphatic carbocycles. The average molecular weight is 295 g/mol. The first-order valence-corrected chi connectivity index (χ1v) is 6.51. The van der Waals surface area contributed by atoms with Crippen molar-refractivity contribution in [1.82, 2.24) is 0 Å². The topological polar surface area (TPSA) is 35.2 Å². The Morgan fingerprint density at radius 2 is 1.76 bits per heavy atom. The normalized spacial score (nSPS) is 13.0. The van der Waals surface area contributed by atoms with E-state index in [2.05, 4.69) is 0 Å². The van der Waals surface area contributed by atoms with Crippen molar-refractivity contribution in [3.63, 3.8) is 0 Å². The third kappa shape index (κ3) is 4.23. The highest BCUT2D eigenvalue weighted by molar-refractivity contribution is 5.31. The Labute approximate surface area is 121 Å². The van der Waals surface area contributed by atoms with Gasteiger partial charge in [0.05, 0.1) is 5.56 Å². The molecule has 0 saturated heterocycles. The predicted molar refractivity (Wildman–Crippen MR) is 74.8 cm³/mol. The molecule has 2 rings (SSSR count). The van der Waals surface area contributed by atoms with Crippen LogP contribution in [0.5, 0.6) is 5.75 Å². The zero-order chi connectivity index (χ0) is 15.5. The zero-order valence-corrected chi connectivity index (χ0v) is 11.5.